The van der Waals surface area contributed by atoms with Crippen LogP contribution in [-0.4, -0.2) is 33.7 Å². The maximum absolute atomic E-state index is 12.1. The lowest BCUT2D eigenvalue weighted by molar-refractivity contribution is 0.0687. The SMILES string of the molecule is Cn1nccc1C(=O)N1CCCC(C#N)C1. The average Bonchev–Trinajstić information content (AvgIpc) is 2.74. The van der Waals surface area contributed by atoms with Crippen LogP contribution in [0.2, 0.25) is 0 Å². The highest BCUT2D eigenvalue weighted by molar-refractivity contribution is 5.92. The number of piperidine rings is 1. The summed E-state index contributed by atoms with van der Waals surface area (Å²) in [6, 6.07) is 3.94. The summed E-state index contributed by atoms with van der Waals surface area (Å²) in [5, 5.41) is 12.8. The first kappa shape index (κ1) is 10.7. The molecule has 0 aliphatic carbocycles. The van der Waals surface area contributed by atoms with Crippen molar-refractivity contribution in [3.63, 3.8) is 0 Å². The number of rotatable bonds is 1. The van der Waals surface area contributed by atoms with E-state index in [1.54, 1.807) is 28.9 Å². The number of nitrogens with zero attached hydrogens (tertiary/aromatic N) is 4. The standard InChI is InChI=1S/C11H14N4O/c1-14-10(4-5-13-14)11(16)15-6-2-3-9(7-12)8-15/h4-5,9H,2-3,6,8H2,1H3. The molecule has 16 heavy (non-hydrogen) atoms. The zero-order valence-electron chi connectivity index (χ0n) is 9.26. The highest BCUT2D eigenvalue weighted by atomic mass is 16.2. The van der Waals surface area contributed by atoms with E-state index in [-0.39, 0.29) is 11.8 Å². The molecule has 5 nitrogen and oxygen atoms in total. The Balaban J connectivity index is 2.11. The minimum Gasteiger partial charge on any atom is -0.336 e. The van der Waals surface area contributed by atoms with Gasteiger partial charge in [0, 0.05) is 26.3 Å². The molecule has 1 amide bonds. The normalized spacial score (nSPS) is 20.5. The van der Waals surface area contributed by atoms with Crippen molar-refractivity contribution in [3.8, 4) is 6.07 Å². The largest absolute Gasteiger partial charge is 0.336 e. The number of aromatic nitrogens is 2. The Labute approximate surface area is 94.3 Å². The molecule has 2 rings (SSSR count). The van der Waals surface area contributed by atoms with E-state index >= 15 is 0 Å². The van der Waals surface area contributed by atoms with E-state index in [0.29, 0.717) is 12.2 Å². The summed E-state index contributed by atoms with van der Waals surface area (Å²) in [6.07, 6.45) is 3.41. The quantitative estimate of drug-likeness (QED) is 0.700. The molecule has 0 saturated carbocycles. The van der Waals surface area contributed by atoms with Gasteiger partial charge in [0.15, 0.2) is 0 Å². The first-order valence-corrected chi connectivity index (χ1v) is 5.39. The lowest BCUT2D eigenvalue weighted by Crippen LogP contribution is -2.40. The van der Waals surface area contributed by atoms with Crippen LogP contribution in [-0.2, 0) is 7.05 Å². The molecule has 1 aromatic heterocycles. The fourth-order valence-corrected chi connectivity index (χ4v) is 2.01. The van der Waals surface area contributed by atoms with Crippen LogP contribution in [0.3, 0.4) is 0 Å². The van der Waals surface area contributed by atoms with Gasteiger partial charge in [-0.05, 0) is 18.9 Å². The fourth-order valence-electron chi connectivity index (χ4n) is 2.01. The molecule has 2 heterocycles. The number of carbonyl (C=O) groups is 1. The van der Waals surface area contributed by atoms with Gasteiger partial charge in [-0.15, -0.1) is 0 Å². The van der Waals surface area contributed by atoms with Gasteiger partial charge in [0.2, 0.25) is 0 Å². The van der Waals surface area contributed by atoms with E-state index < -0.39 is 0 Å². The number of hydrogen-bond acceptors (Lipinski definition) is 3. The Bertz CT molecular complexity index is 431. The maximum atomic E-state index is 12.1. The molecule has 1 aliphatic rings. The summed E-state index contributed by atoms with van der Waals surface area (Å²) >= 11 is 0. The van der Waals surface area contributed by atoms with Gasteiger partial charge in [-0.1, -0.05) is 0 Å². The second-order valence-corrected chi connectivity index (χ2v) is 4.06. The molecule has 0 aromatic carbocycles. The number of nitriles is 1. The maximum Gasteiger partial charge on any atom is 0.272 e. The Hall–Kier alpha value is -1.83. The third-order valence-corrected chi connectivity index (χ3v) is 2.93. The van der Waals surface area contributed by atoms with E-state index in [1.165, 1.54) is 0 Å². The minimum atomic E-state index is -0.0278. The Kier molecular flexibility index (Phi) is 2.91. The molecule has 84 valence electrons. The third kappa shape index (κ3) is 1.91. The van der Waals surface area contributed by atoms with Gasteiger partial charge < -0.3 is 4.90 Å². The summed E-state index contributed by atoms with van der Waals surface area (Å²) in [4.78, 5) is 13.8. The third-order valence-electron chi connectivity index (χ3n) is 2.93. The molecule has 0 spiro atoms. The number of hydrogen-bond donors (Lipinski definition) is 0. The molecule has 1 unspecified atom stereocenters. The zero-order valence-corrected chi connectivity index (χ0v) is 9.26. The molecule has 0 N–H and O–H groups in total. The Morgan fingerprint density at radius 3 is 3.12 bits per heavy atom. The van der Waals surface area contributed by atoms with Crippen molar-refractivity contribution >= 4 is 5.91 Å². The van der Waals surface area contributed by atoms with Gasteiger partial charge in [-0.2, -0.15) is 10.4 Å². The zero-order chi connectivity index (χ0) is 11.5. The molecule has 0 bridgehead atoms. The van der Waals surface area contributed by atoms with Crippen LogP contribution in [0.15, 0.2) is 12.3 Å². The van der Waals surface area contributed by atoms with Crippen LogP contribution in [0.5, 0.6) is 0 Å². The summed E-state index contributed by atoms with van der Waals surface area (Å²) in [5.74, 6) is -0.0501. The van der Waals surface area contributed by atoms with Gasteiger partial charge in [0.25, 0.3) is 5.91 Å². The summed E-state index contributed by atoms with van der Waals surface area (Å²) in [7, 11) is 1.75. The van der Waals surface area contributed by atoms with Crippen molar-refractivity contribution in [2.24, 2.45) is 13.0 Å². The van der Waals surface area contributed by atoms with Crippen molar-refractivity contribution in [2.75, 3.05) is 13.1 Å². The monoisotopic (exact) mass is 218 g/mol. The first-order chi connectivity index (χ1) is 7.72. The molecule has 1 aromatic rings. The second-order valence-electron chi connectivity index (χ2n) is 4.06. The predicted octanol–water partition coefficient (Wildman–Crippen LogP) is 0.796. The number of aryl methyl sites for hydroxylation is 1. The molecule has 1 aliphatic heterocycles. The van der Waals surface area contributed by atoms with Crippen LogP contribution in [0.25, 0.3) is 0 Å². The second kappa shape index (κ2) is 4.35. The van der Waals surface area contributed by atoms with Crippen LogP contribution in [0.1, 0.15) is 23.3 Å². The summed E-state index contributed by atoms with van der Waals surface area (Å²) < 4.78 is 1.57. The predicted molar refractivity (Wildman–Crippen MR) is 57.4 cm³/mol. The molecule has 5 heteroatoms. The van der Waals surface area contributed by atoms with Crippen molar-refractivity contribution in [3.05, 3.63) is 18.0 Å². The van der Waals surface area contributed by atoms with E-state index in [4.69, 9.17) is 5.26 Å². The highest BCUT2D eigenvalue weighted by Crippen LogP contribution is 2.17. The van der Waals surface area contributed by atoms with Crippen molar-refractivity contribution in [2.45, 2.75) is 12.8 Å². The van der Waals surface area contributed by atoms with Crippen molar-refractivity contribution < 1.29 is 4.79 Å². The van der Waals surface area contributed by atoms with E-state index in [0.717, 1.165) is 19.4 Å². The number of amides is 1. The van der Waals surface area contributed by atoms with Gasteiger partial charge in [0.05, 0.1) is 12.0 Å². The summed E-state index contributed by atoms with van der Waals surface area (Å²) in [5.41, 5.74) is 0.582. The molecule has 1 fully saturated rings. The van der Waals surface area contributed by atoms with Crippen LogP contribution >= 0.6 is 0 Å². The lowest BCUT2D eigenvalue weighted by Gasteiger charge is -2.29. The molecule has 1 atom stereocenters. The number of likely N-dealkylation sites (tertiary alicyclic amines) is 1. The van der Waals surface area contributed by atoms with Gasteiger partial charge in [-0.3, -0.25) is 9.48 Å². The number of carbonyl (C=O) groups excluding carboxylic acids is 1. The Morgan fingerprint density at radius 2 is 2.50 bits per heavy atom. The van der Waals surface area contributed by atoms with Gasteiger partial charge in [-0.25, -0.2) is 0 Å². The topological polar surface area (TPSA) is 61.9 Å². The highest BCUT2D eigenvalue weighted by Gasteiger charge is 2.25. The molecule has 0 radical (unpaired) electrons. The van der Waals surface area contributed by atoms with Crippen LogP contribution in [0.4, 0.5) is 0 Å². The minimum absolute atomic E-state index is 0.0223. The average molecular weight is 218 g/mol. The van der Waals surface area contributed by atoms with Gasteiger partial charge in [0.1, 0.15) is 5.69 Å². The van der Waals surface area contributed by atoms with Crippen LogP contribution < -0.4 is 0 Å². The van der Waals surface area contributed by atoms with Gasteiger partial charge >= 0.3 is 0 Å². The molecular weight excluding hydrogens is 204 g/mol. The lowest BCUT2D eigenvalue weighted by atomic mass is 9.99. The fraction of sp³-hybridized carbons (Fsp3) is 0.545. The molecular formula is C11H14N4O. The summed E-state index contributed by atoms with van der Waals surface area (Å²) in [6.45, 7) is 1.28. The molecule has 1 saturated heterocycles. The first-order valence-electron chi connectivity index (χ1n) is 5.39. The van der Waals surface area contributed by atoms with E-state index in [9.17, 15) is 4.79 Å². The van der Waals surface area contributed by atoms with E-state index in [2.05, 4.69) is 11.2 Å². The Morgan fingerprint density at radius 1 is 1.69 bits per heavy atom. The van der Waals surface area contributed by atoms with E-state index in [1.807, 2.05) is 0 Å². The van der Waals surface area contributed by atoms with Crippen molar-refractivity contribution in [1.29, 1.82) is 5.26 Å². The smallest absolute Gasteiger partial charge is 0.272 e. The van der Waals surface area contributed by atoms with Crippen LogP contribution in [0, 0.1) is 17.2 Å². The van der Waals surface area contributed by atoms with Crippen molar-refractivity contribution in [1.82, 2.24) is 14.7 Å².